The quantitative estimate of drug-likeness (QED) is 0.519. The lowest BCUT2D eigenvalue weighted by molar-refractivity contribution is 0.586. The summed E-state index contributed by atoms with van der Waals surface area (Å²) in [6.07, 6.45) is 0. The SMILES string of the molecule is C=C1c2ccsc2C(c2ccc3oc(=S)ccc3c2)=NC1(C)C. The molecule has 0 unspecified atom stereocenters. The van der Waals surface area contributed by atoms with Gasteiger partial charge in [-0.05, 0) is 79.0 Å². The predicted molar refractivity (Wildman–Crippen MR) is 100 cm³/mol. The van der Waals surface area contributed by atoms with Crippen molar-refractivity contribution in [2.24, 2.45) is 4.99 Å². The van der Waals surface area contributed by atoms with E-state index in [0.717, 1.165) is 27.8 Å². The minimum Gasteiger partial charge on any atom is -0.445 e. The molecule has 2 aromatic heterocycles. The number of thiophene rings is 1. The summed E-state index contributed by atoms with van der Waals surface area (Å²) in [6.45, 7) is 8.46. The Kier molecular flexibility index (Phi) is 3.15. The second-order valence-electron chi connectivity index (χ2n) is 6.17. The molecule has 23 heavy (non-hydrogen) atoms. The number of nitrogens with zero attached hydrogens (tertiary/aromatic N) is 1. The van der Waals surface area contributed by atoms with Crippen LogP contribution in [0.4, 0.5) is 0 Å². The van der Waals surface area contributed by atoms with Crippen LogP contribution in [-0.4, -0.2) is 11.3 Å². The van der Waals surface area contributed by atoms with Gasteiger partial charge in [0.25, 0.3) is 0 Å². The second kappa shape index (κ2) is 4.98. The Morgan fingerprint density at radius 2 is 2.00 bits per heavy atom. The zero-order chi connectivity index (χ0) is 16.2. The lowest BCUT2D eigenvalue weighted by Crippen LogP contribution is -2.26. The topological polar surface area (TPSA) is 25.5 Å². The van der Waals surface area contributed by atoms with E-state index in [-0.39, 0.29) is 5.54 Å². The molecule has 0 amide bonds. The number of fused-ring (bicyclic) bond motifs is 2. The molecule has 0 fully saturated rings. The van der Waals surface area contributed by atoms with Crippen LogP contribution in [0.25, 0.3) is 16.5 Å². The molecule has 0 saturated heterocycles. The number of rotatable bonds is 1. The highest BCUT2D eigenvalue weighted by Gasteiger charge is 2.31. The van der Waals surface area contributed by atoms with Crippen LogP contribution in [0.5, 0.6) is 0 Å². The fourth-order valence-electron chi connectivity index (χ4n) is 2.87. The van der Waals surface area contributed by atoms with E-state index in [1.165, 1.54) is 10.4 Å². The molecule has 4 rings (SSSR count). The maximum atomic E-state index is 5.58. The molecule has 1 aliphatic heterocycles. The Bertz CT molecular complexity index is 1040. The normalized spacial score (nSPS) is 16.3. The summed E-state index contributed by atoms with van der Waals surface area (Å²) in [5.41, 5.74) is 4.89. The van der Waals surface area contributed by atoms with Crippen molar-refractivity contribution >= 4 is 45.8 Å². The van der Waals surface area contributed by atoms with E-state index in [4.69, 9.17) is 21.6 Å². The van der Waals surface area contributed by atoms with Crippen molar-refractivity contribution in [2.45, 2.75) is 19.4 Å². The van der Waals surface area contributed by atoms with E-state index in [2.05, 4.69) is 37.9 Å². The summed E-state index contributed by atoms with van der Waals surface area (Å²) >= 11 is 6.79. The monoisotopic (exact) mass is 337 g/mol. The molecule has 0 radical (unpaired) electrons. The Morgan fingerprint density at radius 3 is 2.83 bits per heavy atom. The molecule has 0 bridgehead atoms. The molecule has 0 spiro atoms. The standard InChI is InChI=1S/C19H15NOS2/c1-11-14-8-9-23-18(14)17(20-19(11,2)3)13-4-6-15-12(10-13)5-7-16(22)21-15/h4-10H,1H2,2-3H3. The number of benzene rings is 1. The van der Waals surface area contributed by atoms with Crippen molar-refractivity contribution in [3.63, 3.8) is 0 Å². The van der Waals surface area contributed by atoms with Gasteiger partial charge in [-0.1, -0.05) is 6.58 Å². The van der Waals surface area contributed by atoms with Crippen molar-refractivity contribution in [1.82, 2.24) is 0 Å². The minimum atomic E-state index is -0.298. The fraction of sp³-hybridized carbons (Fsp3) is 0.158. The summed E-state index contributed by atoms with van der Waals surface area (Å²) in [5, 5.41) is 3.13. The van der Waals surface area contributed by atoms with Gasteiger partial charge in [0.1, 0.15) is 5.58 Å². The first-order chi connectivity index (χ1) is 11.0. The largest absolute Gasteiger partial charge is 0.445 e. The molecule has 1 aliphatic rings. The molecule has 3 aromatic rings. The Balaban J connectivity index is 1.95. The highest BCUT2D eigenvalue weighted by molar-refractivity contribution is 7.71. The summed E-state index contributed by atoms with van der Waals surface area (Å²) in [4.78, 5) is 6.17. The maximum Gasteiger partial charge on any atom is 0.190 e. The van der Waals surface area contributed by atoms with Crippen molar-refractivity contribution in [1.29, 1.82) is 0 Å². The van der Waals surface area contributed by atoms with Gasteiger partial charge < -0.3 is 4.42 Å². The average Bonchev–Trinajstić information content (AvgIpc) is 3.00. The molecule has 0 aliphatic carbocycles. The van der Waals surface area contributed by atoms with Crippen LogP contribution < -0.4 is 0 Å². The molecule has 0 atom stereocenters. The molecular formula is C19H15NOS2. The van der Waals surface area contributed by atoms with Gasteiger partial charge in [0, 0.05) is 10.9 Å². The van der Waals surface area contributed by atoms with E-state index in [0.29, 0.717) is 4.71 Å². The van der Waals surface area contributed by atoms with Crippen LogP contribution >= 0.6 is 23.6 Å². The molecule has 3 heterocycles. The Hall–Kier alpha value is -2.04. The third kappa shape index (κ3) is 2.30. The Labute approximate surface area is 143 Å². The van der Waals surface area contributed by atoms with Crippen molar-refractivity contribution in [3.8, 4) is 0 Å². The summed E-state index contributed by atoms with van der Waals surface area (Å²) < 4.78 is 6.08. The zero-order valence-electron chi connectivity index (χ0n) is 12.9. The molecule has 0 saturated carbocycles. The molecule has 0 N–H and O–H groups in total. The first-order valence-electron chi connectivity index (χ1n) is 7.37. The molecular weight excluding hydrogens is 322 g/mol. The Morgan fingerprint density at radius 1 is 1.17 bits per heavy atom. The molecule has 1 aromatic carbocycles. The van der Waals surface area contributed by atoms with Gasteiger partial charge in [0.05, 0.1) is 16.1 Å². The molecule has 114 valence electrons. The lowest BCUT2D eigenvalue weighted by atomic mass is 9.85. The third-order valence-corrected chi connectivity index (χ3v) is 5.37. The van der Waals surface area contributed by atoms with Gasteiger partial charge >= 0.3 is 0 Å². The lowest BCUT2D eigenvalue weighted by Gasteiger charge is -2.29. The van der Waals surface area contributed by atoms with E-state index in [1.54, 1.807) is 11.3 Å². The van der Waals surface area contributed by atoms with Gasteiger partial charge in [-0.15, -0.1) is 11.3 Å². The summed E-state index contributed by atoms with van der Waals surface area (Å²) in [5.74, 6) is 0. The van der Waals surface area contributed by atoms with Crippen molar-refractivity contribution < 1.29 is 4.42 Å². The predicted octanol–water partition coefficient (Wildman–Crippen LogP) is 5.87. The highest BCUT2D eigenvalue weighted by Crippen LogP contribution is 2.40. The van der Waals surface area contributed by atoms with Gasteiger partial charge in [-0.3, -0.25) is 4.99 Å². The van der Waals surface area contributed by atoms with Gasteiger partial charge in [0.2, 0.25) is 0 Å². The van der Waals surface area contributed by atoms with Crippen LogP contribution in [-0.2, 0) is 0 Å². The van der Waals surface area contributed by atoms with Crippen LogP contribution in [0.2, 0.25) is 0 Å². The van der Waals surface area contributed by atoms with Gasteiger partial charge in [-0.25, -0.2) is 0 Å². The summed E-state index contributed by atoms with van der Waals surface area (Å²) in [6, 6.07) is 12.1. The summed E-state index contributed by atoms with van der Waals surface area (Å²) in [7, 11) is 0. The third-order valence-electron chi connectivity index (χ3n) is 4.23. The number of hydrogen-bond acceptors (Lipinski definition) is 4. The van der Waals surface area contributed by atoms with Gasteiger partial charge in [0.15, 0.2) is 4.71 Å². The molecule has 4 heteroatoms. The maximum absolute atomic E-state index is 5.58. The van der Waals surface area contributed by atoms with E-state index in [9.17, 15) is 0 Å². The minimum absolute atomic E-state index is 0.298. The molecule has 2 nitrogen and oxygen atoms in total. The fourth-order valence-corrected chi connectivity index (χ4v) is 3.96. The number of hydrogen-bond donors (Lipinski definition) is 0. The second-order valence-corrected chi connectivity index (χ2v) is 7.49. The smallest absolute Gasteiger partial charge is 0.190 e. The first kappa shape index (κ1) is 14.5. The van der Waals surface area contributed by atoms with Crippen molar-refractivity contribution in [3.05, 3.63) is 69.1 Å². The van der Waals surface area contributed by atoms with E-state index < -0.39 is 0 Å². The zero-order valence-corrected chi connectivity index (χ0v) is 14.6. The van der Waals surface area contributed by atoms with Crippen LogP contribution in [0.15, 0.2) is 57.8 Å². The average molecular weight is 337 g/mol. The van der Waals surface area contributed by atoms with E-state index >= 15 is 0 Å². The highest BCUT2D eigenvalue weighted by atomic mass is 32.1. The number of aliphatic imine (C=N–C) groups is 1. The van der Waals surface area contributed by atoms with Crippen LogP contribution in [0.3, 0.4) is 0 Å². The van der Waals surface area contributed by atoms with Crippen molar-refractivity contribution in [2.75, 3.05) is 0 Å². The first-order valence-corrected chi connectivity index (χ1v) is 8.66. The van der Waals surface area contributed by atoms with Crippen LogP contribution in [0, 0.1) is 4.71 Å². The van der Waals surface area contributed by atoms with Gasteiger partial charge in [-0.2, -0.15) is 0 Å². The van der Waals surface area contributed by atoms with Crippen LogP contribution in [0.1, 0.15) is 29.9 Å². The van der Waals surface area contributed by atoms with E-state index in [1.807, 2.05) is 24.3 Å².